The molecule has 0 N–H and O–H groups in total. The Balaban J connectivity index is 1.59. The third-order valence-corrected chi connectivity index (χ3v) is 4.05. The van der Waals surface area contributed by atoms with Crippen LogP contribution in [0, 0.1) is 12.7 Å². The van der Waals surface area contributed by atoms with Gasteiger partial charge in [-0.1, -0.05) is 35.9 Å². The van der Waals surface area contributed by atoms with Gasteiger partial charge >= 0.3 is 0 Å². The van der Waals surface area contributed by atoms with E-state index in [-0.39, 0.29) is 18.3 Å². The van der Waals surface area contributed by atoms with E-state index in [1.54, 1.807) is 23.1 Å². The number of ether oxygens (including phenoxy) is 2. The van der Waals surface area contributed by atoms with E-state index in [2.05, 4.69) is 0 Å². The third kappa shape index (κ3) is 3.92. The first-order valence-electron chi connectivity index (χ1n) is 7.97. The second-order valence-corrected chi connectivity index (χ2v) is 5.82. The maximum absolute atomic E-state index is 13.9. The fourth-order valence-corrected chi connectivity index (χ4v) is 2.67. The Hall–Kier alpha value is -2.40. The number of morpholine rings is 1. The Labute approximate surface area is 140 Å². The molecule has 3 rings (SSSR count). The van der Waals surface area contributed by atoms with Crippen LogP contribution in [0.15, 0.2) is 48.5 Å². The highest BCUT2D eigenvalue weighted by Crippen LogP contribution is 2.24. The van der Waals surface area contributed by atoms with Crippen molar-refractivity contribution in [2.45, 2.75) is 13.0 Å². The molecule has 1 heterocycles. The molecule has 126 valence electrons. The highest BCUT2D eigenvalue weighted by Gasteiger charge is 2.27. The zero-order valence-corrected chi connectivity index (χ0v) is 13.6. The molecule has 0 radical (unpaired) electrons. The molecule has 0 bridgehead atoms. The van der Waals surface area contributed by atoms with Crippen LogP contribution >= 0.6 is 0 Å². The van der Waals surface area contributed by atoms with Gasteiger partial charge in [0.2, 0.25) is 0 Å². The van der Waals surface area contributed by atoms with Crippen molar-refractivity contribution < 1.29 is 18.7 Å². The zero-order chi connectivity index (χ0) is 16.9. The van der Waals surface area contributed by atoms with Gasteiger partial charge < -0.3 is 14.4 Å². The number of aryl methyl sites for hydroxylation is 1. The number of carbonyl (C=O) groups is 1. The molecule has 1 amide bonds. The van der Waals surface area contributed by atoms with Crippen molar-refractivity contribution in [3.8, 4) is 5.75 Å². The molecule has 4 nitrogen and oxygen atoms in total. The number of halogens is 1. The van der Waals surface area contributed by atoms with Crippen LogP contribution in [-0.4, -0.2) is 37.1 Å². The molecule has 1 saturated heterocycles. The van der Waals surface area contributed by atoms with E-state index < -0.39 is 6.10 Å². The highest BCUT2D eigenvalue weighted by molar-refractivity contribution is 5.78. The van der Waals surface area contributed by atoms with Gasteiger partial charge in [0.05, 0.1) is 13.2 Å². The summed E-state index contributed by atoms with van der Waals surface area (Å²) in [4.78, 5) is 14.0. The fourth-order valence-electron chi connectivity index (χ4n) is 2.67. The van der Waals surface area contributed by atoms with Gasteiger partial charge in [-0.05, 0) is 25.1 Å². The van der Waals surface area contributed by atoms with Crippen LogP contribution in [0.25, 0.3) is 0 Å². The lowest BCUT2D eigenvalue weighted by Crippen LogP contribution is -2.44. The van der Waals surface area contributed by atoms with Crippen LogP contribution in [-0.2, 0) is 9.53 Å². The van der Waals surface area contributed by atoms with Gasteiger partial charge in [0.15, 0.2) is 6.61 Å². The molecular weight excluding hydrogens is 309 g/mol. The first-order chi connectivity index (χ1) is 11.6. The first-order valence-corrected chi connectivity index (χ1v) is 7.97. The minimum absolute atomic E-state index is 0.0347. The standard InChI is InChI=1S/C19H20FNO3/c1-14-6-8-15(9-7-14)24-13-19(22)21-10-11-23-18(12-21)16-4-2-3-5-17(16)20/h2-9,18H,10-13H2,1H3. The lowest BCUT2D eigenvalue weighted by atomic mass is 10.1. The van der Waals surface area contributed by atoms with E-state index in [1.165, 1.54) is 6.07 Å². The van der Waals surface area contributed by atoms with Gasteiger partial charge in [0, 0.05) is 12.1 Å². The summed E-state index contributed by atoms with van der Waals surface area (Å²) in [5.41, 5.74) is 1.61. The smallest absolute Gasteiger partial charge is 0.260 e. The zero-order valence-electron chi connectivity index (χ0n) is 13.6. The summed E-state index contributed by atoms with van der Waals surface area (Å²) in [6, 6.07) is 14.0. The van der Waals surface area contributed by atoms with Gasteiger partial charge in [-0.15, -0.1) is 0 Å². The van der Waals surface area contributed by atoms with Crippen molar-refractivity contribution in [1.29, 1.82) is 0 Å². The van der Waals surface area contributed by atoms with Gasteiger partial charge in [-0.3, -0.25) is 4.79 Å². The molecule has 0 aliphatic carbocycles. The average Bonchev–Trinajstić information content (AvgIpc) is 2.61. The van der Waals surface area contributed by atoms with Crippen molar-refractivity contribution in [3.05, 3.63) is 65.5 Å². The lowest BCUT2D eigenvalue weighted by Gasteiger charge is -2.33. The summed E-state index contributed by atoms with van der Waals surface area (Å²) in [7, 11) is 0. The van der Waals surface area contributed by atoms with Crippen molar-refractivity contribution >= 4 is 5.91 Å². The van der Waals surface area contributed by atoms with Gasteiger partial charge in [0.25, 0.3) is 5.91 Å². The molecule has 1 aliphatic rings. The number of hydrogen-bond donors (Lipinski definition) is 0. The number of rotatable bonds is 4. The van der Waals surface area contributed by atoms with E-state index in [1.807, 2.05) is 31.2 Å². The third-order valence-electron chi connectivity index (χ3n) is 4.05. The molecule has 2 aromatic carbocycles. The molecule has 2 aromatic rings. The second-order valence-electron chi connectivity index (χ2n) is 5.82. The van der Waals surface area contributed by atoms with Crippen molar-refractivity contribution in [2.75, 3.05) is 26.3 Å². The van der Waals surface area contributed by atoms with E-state index in [0.717, 1.165) is 5.56 Å². The number of hydrogen-bond acceptors (Lipinski definition) is 3. The summed E-state index contributed by atoms with van der Waals surface area (Å²) >= 11 is 0. The Morgan fingerprint density at radius 3 is 2.75 bits per heavy atom. The molecule has 5 heteroatoms. The van der Waals surface area contributed by atoms with Gasteiger partial charge in [-0.25, -0.2) is 4.39 Å². The molecule has 0 saturated carbocycles. The van der Waals surface area contributed by atoms with Crippen molar-refractivity contribution in [3.63, 3.8) is 0 Å². The average molecular weight is 329 g/mol. The van der Waals surface area contributed by atoms with Crippen LogP contribution < -0.4 is 4.74 Å². The Morgan fingerprint density at radius 1 is 1.25 bits per heavy atom. The Bertz CT molecular complexity index is 702. The summed E-state index contributed by atoms with van der Waals surface area (Å²) < 4.78 is 25.1. The molecule has 0 spiro atoms. The summed E-state index contributed by atoms with van der Waals surface area (Å²) in [6.45, 7) is 3.16. The molecule has 1 unspecified atom stereocenters. The molecule has 24 heavy (non-hydrogen) atoms. The minimum Gasteiger partial charge on any atom is -0.484 e. The van der Waals surface area contributed by atoms with Crippen molar-refractivity contribution in [1.82, 2.24) is 4.90 Å². The minimum atomic E-state index is -0.441. The quantitative estimate of drug-likeness (QED) is 0.865. The van der Waals surface area contributed by atoms with Crippen LogP contribution in [0.4, 0.5) is 4.39 Å². The molecular formula is C19H20FNO3. The monoisotopic (exact) mass is 329 g/mol. The predicted octanol–water partition coefficient (Wildman–Crippen LogP) is 3.11. The number of benzene rings is 2. The Morgan fingerprint density at radius 2 is 2.00 bits per heavy atom. The highest BCUT2D eigenvalue weighted by atomic mass is 19.1. The molecule has 1 fully saturated rings. The SMILES string of the molecule is Cc1ccc(OCC(=O)N2CCOC(c3ccccc3F)C2)cc1. The Kier molecular flexibility index (Phi) is 5.11. The first kappa shape index (κ1) is 16.5. The van der Waals surface area contributed by atoms with E-state index in [9.17, 15) is 9.18 Å². The number of carbonyl (C=O) groups excluding carboxylic acids is 1. The van der Waals surface area contributed by atoms with E-state index >= 15 is 0 Å². The van der Waals surface area contributed by atoms with Crippen LogP contribution in [0.5, 0.6) is 5.75 Å². The number of amides is 1. The molecule has 1 aliphatic heterocycles. The van der Waals surface area contributed by atoms with E-state index in [4.69, 9.17) is 9.47 Å². The lowest BCUT2D eigenvalue weighted by molar-refractivity contribution is -0.141. The second kappa shape index (κ2) is 7.45. The van der Waals surface area contributed by atoms with Gasteiger partial charge in [0.1, 0.15) is 17.7 Å². The largest absolute Gasteiger partial charge is 0.484 e. The molecule has 0 aromatic heterocycles. The summed E-state index contributed by atoms with van der Waals surface area (Å²) in [6.07, 6.45) is -0.441. The van der Waals surface area contributed by atoms with Crippen LogP contribution in [0.1, 0.15) is 17.2 Å². The summed E-state index contributed by atoms with van der Waals surface area (Å²) in [5, 5.41) is 0. The number of nitrogens with zero attached hydrogens (tertiary/aromatic N) is 1. The molecule has 1 atom stereocenters. The maximum atomic E-state index is 13.9. The fraction of sp³-hybridized carbons (Fsp3) is 0.316. The topological polar surface area (TPSA) is 38.8 Å². The normalized spacial score (nSPS) is 17.6. The van der Waals surface area contributed by atoms with Crippen LogP contribution in [0.3, 0.4) is 0 Å². The summed E-state index contributed by atoms with van der Waals surface area (Å²) in [5.74, 6) is 0.223. The maximum Gasteiger partial charge on any atom is 0.260 e. The van der Waals surface area contributed by atoms with E-state index in [0.29, 0.717) is 31.0 Å². The van der Waals surface area contributed by atoms with Gasteiger partial charge in [-0.2, -0.15) is 0 Å². The predicted molar refractivity (Wildman–Crippen MR) is 88.3 cm³/mol. The van der Waals surface area contributed by atoms with Crippen LogP contribution in [0.2, 0.25) is 0 Å². The van der Waals surface area contributed by atoms with Crippen molar-refractivity contribution in [2.24, 2.45) is 0 Å².